The maximum Gasteiger partial charge on any atom is 0.243 e. The molecule has 4 aromatic rings. The summed E-state index contributed by atoms with van der Waals surface area (Å²) in [5.41, 5.74) is 5.03. The molecule has 1 aliphatic heterocycles. The molecule has 9 heteroatoms. The predicted octanol–water partition coefficient (Wildman–Crippen LogP) is 4.33. The third-order valence-electron chi connectivity index (χ3n) is 7.08. The highest BCUT2D eigenvalue weighted by Crippen LogP contribution is 2.32. The summed E-state index contributed by atoms with van der Waals surface area (Å²) in [5, 5.41) is 1.07. The minimum Gasteiger partial charge on any atom is -0.343 e. The van der Waals surface area contributed by atoms with Gasteiger partial charge in [0.25, 0.3) is 0 Å². The summed E-state index contributed by atoms with van der Waals surface area (Å²) >= 11 is 0. The first-order chi connectivity index (χ1) is 17.6. The van der Waals surface area contributed by atoms with E-state index >= 15 is 0 Å². The lowest BCUT2D eigenvalue weighted by Gasteiger charge is -2.24. The summed E-state index contributed by atoms with van der Waals surface area (Å²) in [6.45, 7) is 6.88. The van der Waals surface area contributed by atoms with Crippen LogP contribution in [-0.4, -0.2) is 45.3 Å². The molecule has 0 saturated heterocycles. The fraction of sp³-hybridized carbons (Fsp3) is 0.286. The lowest BCUT2D eigenvalue weighted by atomic mass is 10.1. The number of benzene rings is 3. The van der Waals surface area contributed by atoms with E-state index < -0.39 is 20.0 Å². The molecule has 5 rings (SSSR count). The zero-order valence-corrected chi connectivity index (χ0v) is 22.8. The van der Waals surface area contributed by atoms with Gasteiger partial charge >= 0.3 is 0 Å². The Hall–Kier alpha value is -2.98. The Labute approximate surface area is 218 Å². The Kier molecular flexibility index (Phi) is 6.74. The first kappa shape index (κ1) is 25.7. The van der Waals surface area contributed by atoms with Crippen LogP contribution in [0.5, 0.6) is 0 Å². The van der Waals surface area contributed by atoms with Crippen LogP contribution in [0, 0.1) is 20.8 Å². The minimum absolute atomic E-state index is 0.0749. The number of aryl methyl sites for hydroxylation is 3. The van der Waals surface area contributed by atoms with E-state index in [4.69, 9.17) is 0 Å². The average Bonchev–Trinajstić information content (AvgIpc) is 3.14. The van der Waals surface area contributed by atoms with Gasteiger partial charge in [-0.05, 0) is 56.7 Å². The number of nitrogens with one attached hydrogen (secondary N) is 1. The van der Waals surface area contributed by atoms with Crippen molar-refractivity contribution in [3.8, 4) is 0 Å². The van der Waals surface area contributed by atoms with Crippen molar-refractivity contribution in [3.05, 3.63) is 95.2 Å². The zero-order valence-electron chi connectivity index (χ0n) is 21.2. The standard InChI is InChI=1S/C28H31N3O4S2/c1-20-7-11-25(12-8-20)36(32,33)29-18-24-19-30(37(34,35)26-13-9-21(2)10-14-26)15-16-31-27(24)17-23-6-4-5-22(3)28(23)31/h4-14,17,24,29H,15-16,18-19H2,1-3H3. The number of sulfonamides is 2. The summed E-state index contributed by atoms with van der Waals surface area (Å²) in [5.74, 6) is -0.380. The van der Waals surface area contributed by atoms with Crippen molar-refractivity contribution in [1.29, 1.82) is 0 Å². The lowest BCUT2D eigenvalue weighted by Crippen LogP contribution is -2.38. The van der Waals surface area contributed by atoms with Crippen molar-refractivity contribution in [2.75, 3.05) is 19.6 Å². The van der Waals surface area contributed by atoms with Crippen molar-refractivity contribution in [2.45, 2.75) is 43.0 Å². The molecule has 0 fully saturated rings. The first-order valence-corrected chi connectivity index (χ1v) is 15.2. The van der Waals surface area contributed by atoms with Crippen LogP contribution in [-0.2, 0) is 26.6 Å². The quantitative estimate of drug-likeness (QED) is 0.397. The number of hydrogen-bond donors (Lipinski definition) is 1. The van der Waals surface area contributed by atoms with Gasteiger partial charge in [0.2, 0.25) is 20.0 Å². The van der Waals surface area contributed by atoms with Gasteiger partial charge in [-0.3, -0.25) is 0 Å². The van der Waals surface area contributed by atoms with Crippen LogP contribution in [0.4, 0.5) is 0 Å². The predicted molar refractivity (Wildman–Crippen MR) is 146 cm³/mol. The third kappa shape index (κ3) is 4.96. The molecular weight excluding hydrogens is 506 g/mol. The van der Waals surface area contributed by atoms with Gasteiger partial charge in [0.05, 0.1) is 15.3 Å². The Bertz CT molecular complexity index is 1660. The van der Waals surface area contributed by atoms with E-state index in [9.17, 15) is 16.8 Å². The van der Waals surface area contributed by atoms with Crippen LogP contribution in [0.1, 0.15) is 28.3 Å². The fourth-order valence-corrected chi connectivity index (χ4v) is 7.57. The van der Waals surface area contributed by atoms with Gasteiger partial charge in [0.1, 0.15) is 0 Å². The number of hydrogen-bond acceptors (Lipinski definition) is 4. The highest BCUT2D eigenvalue weighted by Gasteiger charge is 2.33. The van der Waals surface area contributed by atoms with Crippen molar-refractivity contribution in [1.82, 2.24) is 13.6 Å². The molecule has 7 nitrogen and oxygen atoms in total. The van der Waals surface area contributed by atoms with Gasteiger partial charge in [-0.2, -0.15) is 4.31 Å². The number of rotatable bonds is 6. The van der Waals surface area contributed by atoms with E-state index in [-0.39, 0.29) is 28.8 Å². The van der Waals surface area contributed by atoms with Gasteiger partial charge in [0, 0.05) is 43.2 Å². The van der Waals surface area contributed by atoms with Crippen molar-refractivity contribution < 1.29 is 16.8 Å². The van der Waals surface area contributed by atoms with Crippen LogP contribution in [0.15, 0.2) is 82.6 Å². The Morgan fingerprint density at radius 2 is 1.43 bits per heavy atom. The first-order valence-electron chi connectivity index (χ1n) is 12.3. The van der Waals surface area contributed by atoms with Gasteiger partial charge in [-0.1, -0.05) is 53.6 Å². The SMILES string of the molecule is Cc1ccc(S(=O)(=O)NCC2CN(S(=O)(=O)c3ccc(C)cc3)CCn3c2cc2cccc(C)c23)cc1. The van der Waals surface area contributed by atoms with Crippen LogP contribution in [0.3, 0.4) is 0 Å². The summed E-state index contributed by atoms with van der Waals surface area (Å²) in [6, 6.07) is 21.7. The second-order valence-electron chi connectivity index (χ2n) is 9.77. The van der Waals surface area contributed by atoms with Crippen molar-refractivity contribution >= 4 is 30.9 Å². The molecule has 0 aliphatic carbocycles. The molecule has 0 amide bonds. The molecule has 194 valence electrons. The highest BCUT2D eigenvalue weighted by atomic mass is 32.2. The van der Waals surface area contributed by atoms with Crippen LogP contribution < -0.4 is 4.72 Å². The summed E-state index contributed by atoms with van der Waals surface area (Å²) in [6.07, 6.45) is 0. The number of para-hydroxylation sites is 1. The lowest BCUT2D eigenvalue weighted by molar-refractivity contribution is 0.392. The summed E-state index contributed by atoms with van der Waals surface area (Å²) < 4.78 is 59.8. The Morgan fingerprint density at radius 3 is 2.08 bits per heavy atom. The Morgan fingerprint density at radius 1 is 0.811 bits per heavy atom. The van der Waals surface area contributed by atoms with Gasteiger partial charge in [0.15, 0.2) is 0 Å². The number of aromatic nitrogens is 1. The van der Waals surface area contributed by atoms with Crippen molar-refractivity contribution in [2.24, 2.45) is 0 Å². The zero-order chi connectivity index (χ0) is 26.4. The molecular formula is C28H31N3O4S2. The molecule has 0 spiro atoms. The fourth-order valence-electron chi connectivity index (χ4n) is 5.01. The summed E-state index contributed by atoms with van der Waals surface area (Å²) in [7, 11) is -7.53. The molecule has 1 atom stereocenters. The maximum atomic E-state index is 13.6. The van der Waals surface area contributed by atoms with E-state index in [0.717, 1.165) is 33.3 Å². The molecule has 0 bridgehead atoms. The van der Waals surface area contributed by atoms with Gasteiger partial charge in [-0.15, -0.1) is 0 Å². The number of fused-ring (bicyclic) bond motifs is 3. The van der Waals surface area contributed by atoms with E-state index in [2.05, 4.69) is 15.4 Å². The van der Waals surface area contributed by atoms with Crippen LogP contribution >= 0.6 is 0 Å². The smallest absolute Gasteiger partial charge is 0.243 e. The molecule has 37 heavy (non-hydrogen) atoms. The second kappa shape index (κ2) is 9.72. The molecule has 1 N–H and O–H groups in total. The number of nitrogens with zero attached hydrogens (tertiary/aromatic N) is 2. The van der Waals surface area contributed by atoms with E-state index in [1.54, 1.807) is 48.5 Å². The molecule has 0 saturated carbocycles. The van der Waals surface area contributed by atoms with E-state index in [1.165, 1.54) is 4.31 Å². The normalized spacial score (nSPS) is 17.0. The van der Waals surface area contributed by atoms with Gasteiger partial charge in [-0.25, -0.2) is 21.6 Å². The maximum absolute atomic E-state index is 13.6. The monoisotopic (exact) mass is 537 g/mol. The molecule has 1 aliphatic rings. The van der Waals surface area contributed by atoms with E-state index in [0.29, 0.717) is 13.1 Å². The molecule has 2 heterocycles. The van der Waals surface area contributed by atoms with Crippen LogP contribution in [0.25, 0.3) is 10.9 Å². The average molecular weight is 538 g/mol. The van der Waals surface area contributed by atoms with Crippen LogP contribution in [0.2, 0.25) is 0 Å². The minimum atomic E-state index is -3.77. The Balaban J connectivity index is 1.52. The van der Waals surface area contributed by atoms with Gasteiger partial charge < -0.3 is 4.57 Å². The topological polar surface area (TPSA) is 88.5 Å². The molecule has 1 unspecified atom stereocenters. The highest BCUT2D eigenvalue weighted by molar-refractivity contribution is 7.89. The molecule has 0 radical (unpaired) electrons. The van der Waals surface area contributed by atoms with E-state index in [1.807, 2.05) is 39.0 Å². The largest absolute Gasteiger partial charge is 0.343 e. The summed E-state index contributed by atoms with van der Waals surface area (Å²) in [4.78, 5) is 0.428. The second-order valence-corrected chi connectivity index (χ2v) is 13.5. The molecule has 1 aromatic heterocycles. The molecule has 3 aromatic carbocycles. The van der Waals surface area contributed by atoms with Crippen molar-refractivity contribution in [3.63, 3.8) is 0 Å². The third-order valence-corrected chi connectivity index (χ3v) is 10.4.